The zero-order chi connectivity index (χ0) is 13.9. The molecule has 4 heteroatoms. The van der Waals surface area contributed by atoms with E-state index in [2.05, 4.69) is 4.98 Å². The second-order valence-electron chi connectivity index (χ2n) is 4.71. The summed E-state index contributed by atoms with van der Waals surface area (Å²) in [6.07, 6.45) is -0.626. The van der Waals surface area contributed by atoms with Crippen LogP contribution in [-0.4, -0.2) is 19.8 Å². The van der Waals surface area contributed by atoms with Gasteiger partial charge in [0.25, 0.3) is 0 Å². The molecule has 102 valence electrons. The summed E-state index contributed by atoms with van der Waals surface area (Å²) < 4.78 is 1.87. The van der Waals surface area contributed by atoms with Crippen molar-refractivity contribution in [1.29, 1.82) is 0 Å². The van der Waals surface area contributed by atoms with Crippen molar-refractivity contribution >= 4 is 11.0 Å². The van der Waals surface area contributed by atoms with Gasteiger partial charge in [0.2, 0.25) is 0 Å². The molecule has 0 saturated carbocycles. The molecule has 20 heavy (non-hydrogen) atoms. The Bertz CT molecular complexity index is 707. The van der Waals surface area contributed by atoms with Crippen molar-refractivity contribution < 1.29 is 10.2 Å². The molecule has 0 amide bonds. The smallest absolute Gasteiger partial charge is 0.135 e. The first-order valence-electron chi connectivity index (χ1n) is 6.57. The maximum Gasteiger partial charge on any atom is 0.135 e. The quantitative estimate of drug-likeness (QED) is 0.763. The van der Waals surface area contributed by atoms with E-state index in [0.717, 1.165) is 16.6 Å². The molecule has 0 saturated heterocycles. The van der Waals surface area contributed by atoms with E-state index in [4.69, 9.17) is 0 Å². The Balaban J connectivity index is 1.98. The summed E-state index contributed by atoms with van der Waals surface area (Å²) in [5, 5.41) is 19.8. The fourth-order valence-electron chi connectivity index (χ4n) is 2.40. The van der Waals surface area contributed by atoms with Crippen LogP contribution in [0, 0.1) is 0 Å². The van der Waals surface area contributed by atoms with Crippen LogP contribution in [0.4, 0.5) is 0 Å². The number of rotatable bonds is 4. The van der Waals surface area contributed by atoms with E-state index in [-0.39, 0.29) is 6.61 Å². The molecule has 0 fully saturated rings. The number of imidazole rings is 1. The van der Waals surface area contributed by atoms with Crippen molar-refractivity contribution in [2.75, 3.05) is 0 Å². The highest BCUT2D eigenvalue weighted by Gasteiger charge is 2.14. The highest BCUT2D eigenvalue weighted by Crippen LogP contribution is 2.21. The lowest BCUT2D eigenvalue weighted by Crippen LogP contribution is -2.11. The van der Waals surface area contributed by atoms with Crippen LogP contribution in [0.5, 0.6) is 0 Å². The van der Waals surface area contributed by atoms with E-state index >= 15 is 0 Å². The number of aromatic nitrogens is 2. The Morgan fingerprint density at radius 2 is 1.70 bits per heavy atom. The molecule has 2 N–H and O–H groups in total. The normalized spacial score (nSPS) is 12.7. The van der Waals surface area contributed by atoms with Crippen molar-refractivity contribution in [1.82, 2.24) is 9.55 Å². The Hall–Kier alpha value is -2.17. The van der Waals surface area contributed by atoms with Crippen LogP contribution in [-0.2, 0) is 13.2 Å². The van der Waals surface area contributed by atoms with Crippen LogP contribution in [0.1, 0.15) is 17.5 Å². The lowest BCUT2D eigenvalue weighted by Gasteiger charge is -2.14. The van der Waals surface area contributed by atoms with Gasteiger partial charge in [-0.3, -0.25) is 0 Å². The first kappa shape index (κ1) is 12.8. The average Bonchev–Trinajstić information content (AvgIpc) is 2.86. The molecule has 2 aromatic carbocycles. The highest BCUT2D eigenvalue weighted by atomic mass is 16.3. The van der Waals surface area contributed by atoms with Gasteiger partial charge in [-0.2, -0.15) is 0 Å². The van der Waals surface area contributed by atoms with E-state index in [0.29, 0.717) is 12.4 Å². The Labute approximate surface area is 116 Å². The number of aliphatic hydroxyl groups is 2. The third-order valence-corrected chi connectivity index (χ3v) is 3.41. The predicted octanol–water partition coefficient (Wildman–Crippen LogP) is 2.26. The first-order chi connectivity index (χ1) is 9.79. The molecule has 1 aromatic heterocycles. The molecule has 0 aliphatic carbocycles. The Morgan fingerprint density at radius 3 is 2.45 bits per heavy atom. The van der Waals surface area contributed by atoms with Gasteiger partial charge in [-0.15, -0.1) is 0 Å². The number of hydrogen-bond acceptors (Lipinski definition) is 3. The zero-order valence-electron chi connectivity index (χ0n) is 11.0. The number of benzene rings is 2. The van der Waals surface area contributed by atoms with E-state index in [1.165, 1.54) is 0 Å². The van der Waals surface area contributed by atoms with Gasteiger partial charge in [0.05, 0.1) is 23.7 Å². The van der Waals surface area contributed by atoms with Gasteiger partial charge >= 0.3 is 0 Å². The number of nitrogens with zero attached hydrogens (tertiary/aromatic N) is 2. The second-order valence-corrected chi connectivity index (χ2v) is 4.71. The summed E-state index contributed by atoms with van der Waals surface area (Å²) in [5.74, 6) is 0.571. The SMILES string of the molecule is OCc1nc2ccccc2n1CC(O)c1ccccc1. The van der Waals surface area contributed by atoms with Crippen LogP contribution < -0.4 is 0 Å². The molecule has 0 spiro atoms. The van der Waals surface area contributed by atoms with Crippen molar-refractivity contribution in [2.45, 2.75) is 19.3 Å². The molecule has 3 aromatic rings. The molecule has 3 rings (SSSR count). The summed E-state index contributed by atoms with van der Waals surface area (Å²) in [4.78, 5) is 4.38. The van der Waals surface area contributed by atoms with Gasteiger partial charge in [-0.25, -0.2) is 4.98 Å². The average molecular weight is 268 g/mol. The summed E-state index contributed by atoms with van der Waals surface area (Å²) in [6.45, 7) is 0.233. The molecule has 1 heterocycles. The summed E-state index contributed by atoms with van der Waals surface area (Å²) in [6, 6.07) is 17.2. The number of hydrogen-bond donors (Lipinski definition) is 2. The molecule has 4 nitrogen and oxygen atoms in total. The lowest BCUT2D eigenvalue weighted by atomic mass is 10.1. The largest absolute Gasteiger partial charge is 0.388 e. The zero-order valence-corrected chi connectivity index (χ0v) is 11.0. The number of aliphatic hydroxyl groups excluding tert-OH is 2. The fraction of sp³-hybridized carbons (Fsp3) is 0.188. The summed E-state index contributed by atoms with van der Waals surface area (Å²) >= 11 is 0. The number of para-hydroxylation sites is 2. The molecule has 1 unspecified atom stereocenters. The minimum absolute atomic E-state index is 0.143. The third kappa shape index (κ3) is 2.31. The maximum absolute atomic E-state index is 10.3. The third-order valence-electron chi connectivity index (χ3n) is 3.41. The van der Waals surface area contributed by atoms with Crippen molar-refractivity contribution in [3.63, 3.8) is 0 Å². The first-order valence-corrected chi connectivity index (χ1v) is 6.57. The summed E-state index contributed by atoms with van der Waals surface area (Å²) in [7, 11) is 0. The molecule has 0 bridgehead atoms. The van der Waals surface area contributed by atoms with E-state index < -0.39 is 6.10 Å². The highest BCUT2D eigenvalue weighted by molar-refractivity contribution is 5.75. The summed E-state index contributed by atoms with van der Waals surface area (Å²) in [5.41, 5.74) is 2.61. The Morgan fingerprint density at radius 1 is 1.00 bits per heavy atom. The van der Waals surface area contributed by atoms with E-state index in [1.54, 1.807) is 0 Å². The number of fused-ring (bicyclic) bond motifs is 1. The van der Waals surface area contributed by atoms with Gasteiger partial charge in [-0.1, -0.05) is 42.5 Å². The monoisotopic (exact) mass is 268 g/mol. The van der Waals surface area contributed by atoms with Gasteiger partial charge in [0, 0.05) is 0 Å². The lowest BCUT2D eigenvalue weighted by molar-refractivity contribution is 0.153. The minimum atomic E-state index is -0.626. The maximum atomic E-state index is 10.3. The van der Waals surface area contributed by atoms with Crippen molar-refractivity contribution in [3.05, 3.63) is 66.0 Å². The minimum Gasteiger partial charge on any atom is -0.388 e. The van der Waals surface area contributed by atoms with Crippen LogP contribution >= 0.6 is 0 Å². The van der Waals surface area contributed by atoms with E-state index in [9.17, 15) is 10.2 Å². The predicted molar refractivity (Wildman–Crippen MR) is 77.1 cm³/mol. The van der Waals surface area contributed by atoms with Crippen molar-refractivity contribution in [2.24, 2.45) is 0 Å². The van der Waals surface area contributed by atoms with Gasteiger partial charge in [-0.05, 0) is 17.7 Å². The van der Waals surface area contributed by atoms with Gasteiger partial charge in [0.1, 0.15) is 12.4 Å². The van der Waals surface area contributed by atoms with Crippen LogP contribution in [0.2, 0.25) is 0 Å². The molecular formula is C16H16N2O2. The fourth-order valence-corrected chi connectivity index (χ4v) is 2.40. The van der Waals surface area contributed by atoms with Crippen LogP contribution in [0.25, 0.3) is 11.0 Å². The van der Waals surface area contributed by atoms with Gasteiger partial charge in [0.15, 0.2) is 0 Å². The van der Waals surface area contributed by atoms with Gasteiger partial charge < -0.3 is 14.8 Å². The van der Waals surface area contributed by atoms with E-state index in [1.807, 2.05) is 59.2 Å². The molecule has 0 aliphatic heterocycles. The Kier molecular flexibility index (Phi) is 3.50. The second kappa shape index (κ2) is 5.45. The van der Waals surface area contributed by atoms with Crippen LogP contribution in [0.15, 0.2) is 54.6 Å². The van der Waals surface area contributed by atoms with Crippen molar-refractivity contribution in [3.8, 4) is 0 Å². The van der Waals surface area contributed by atoms with Crippen LogP contribution in [0.3, 0.4) is 0 Å². The topological polar surface area (TPSA) is 58.3 Å². The molecule has 0 radical (unpaired) electrons. The molecule has 1 atom stereocenters. The molecule has 0 aliphatic rings. The molecular weight excluding hydrogens is 252 g/mol. The standard InChI is InChI=1S/C16H16N2O2/c19-11-16-17-13-8-4-5-9-14(13)18(16)10-15(20)12-6-2-1-3-7-12/h1-9,15,19-20H,10-11H2.